The van der Waals surface area contributed by atoms with E-state index in [9.17, 15) is 15.0 Å². The standard InChI is InChI=1S/C15H22O4/c1-8(2)10-5-11-9(3)15(18,6-10)7-12(16)13(11)14(17)19-4/h9-11,16,18H,1,5-7H2,2-4H3/t9-,10+,11+,15-/m0/s1. The van der Waals surface area contributed by atoms with Crippen molar-refractivity contribution in [2.45, 2.75) is 38.7 Å². The molecule has 0 radical (unpaired) electrons. The Labute approximate surface area is 113 Å². The summed E-state index contributed by atoms with van der Waals surface area (Å²) >= 11 is 0. The second-order valence-corrected chi connectivity index (χ2v) is 6.01. The fourth-order valence-electron chi connectivity index (χ4n) is 3.54. The molecule has 2 aliphatic rings. The molecule has 2 N–H and O–H groups in total. The summed E-state index contributed by atoms with van der Waals surface area (Å²) in [4.78, 5) is 11.9. The van der Waals surface area contributed by atoms with Gasteiger partial charge in [0.15, 0.2) is 0 Å². The lowest BCUT2D eigenvalue weighted by molar-refractivity contribution is -0.141. The summed E-state index contributed by atoms with van der Waals surface area (Å²) in [5.74, 6) is -0.551. The molecule has 0 spiro atoms. The lowest BCUT2D eigenvalue weighted by Crippen LogP contribution is -2.51. The predicted octanol–water partition coefficient (Wildman–Crippen LogP) is 2.34. The summed E-state index contributed by atoms with van der Waals surface area (Å²) < 4.78 is 4.77. The number of methoxy groups -OCH3 is 1. The summed E-state index contributed by atoms with van der Waals surface area (Å²) in [6, 6.07) is 0. The van der Waals surface area contributed by atoms with E-state index in [1.165, 1.54) is 7.11 Å². The summed E-state index contributed by atoms with van der Waals surface area (Å²) in [6.07, 6.45) is 1.45. The van der Waals surface area contributed by atoms with Crippen molar-refractivity contribution < 1.29 is 19.7 Å². The Morgan fingerprint density at radius 1 is 1.53 bits per heavy atom. The molecule has 0 heterocycles. The first-order chi connectivity index (χ1) is 8.80. The van der Waals surface area contributed by atoms with Crippen molar-refractivity contribution >= 4 is 5.97 Å². The number of allylic oxidation sites excluding steroid dienone is 1. The van der Waals surface area contributed by atoms with Gasteiger partial charge in [0.1, 0.15) is 5.76 Å². The summed E-state index contributed by atoms with van der Waals surface area (Å²) in [7, 11) is 1.31. The minimum absolute atomic E-state index is 0.0161. The highest BCUT2D eigenvalue weighted by Crippen LogP contribution is 2.52. The molecule has 1 fully saturated rings. The van der Waals surface area contributed by atoms with Crippen LogP contribution < -0.4 is 0 Å². The van der Waals surface area contributed by atoms with Crippen molar-refractivity contribution in [2.75, 3.05) is 7.11 Å². The zero-order valence-electron chi connectivity index (χ0n) is 11.8. The predicted molar refractivity (Wildman–Crippen MR) is 71.4 cm³/mol. The van der Waals surface area contributed by atoms with Crippen molar-refractivity contribution in [3.63, 3.8) is 0 Å². The van der Waals surface area contributed by atoms with E-state index < -0.39 is 11.6 Å². The van der Waals surface area contributed by atoms with Crippen LogP contribution in [0.25, 0.3) is 0 Å². The Balaban J connectivity index is 2.44. The van der Waals surface area contributed by atoms with E-state index in [0.29, 0.717) is 12.0 Å². The second kappa shape index (κ2) is 4.67. The number of aliphatic hydroxyl groups excluding tert-OH is 1. The number of fused-ring (bicyclic) bond motifs is 2. The van der Waals surface area contributed by atoms with Gasteiger partial charge in [0.2, 0.25) is 0 Å². The number of esters is 1. The van der Waals surface area contributed by atoms with Crippen molar-refractivity contribution in [1.29, 1.82) is 0 Å². The first kappa shape index (κ1) is 14.1. The van der Waals surface area contributed by atoms with E-state index >= 15 is 0 Å². The third-order valence-electron chi connectivity index (χ3n) is 4.85. The van der Waals surface area contributed by atoms with Crippen LogP contribution in [0.5, 0.6) is 0 Å². The number of carbonyl (C=O) groups excluding carboxylic acids is 1. The Kier molecular flexibility index (Phi) is 3.47. The van der Waals surface area contributed by atoms with Gasteiger partial charge >= 0.3 is 5.97 Å². The van der Waals surface area contributed by atoms with E-state index in [-0.39, 0.29) is 29.9 Å². The van der Waals surface area contributed by atoms with E-state index in [4.69, 9.17) is 4.74 Å². The van der Waals surface area contributed by atoms with E-state index in [1.54, 1.807) is 0 Å². The molecule has 106 valence electrons. The van der Waals surface area contributed by atoms with E-state index in [0.717, 1.165) is 12.0 Å². The summed E-state index contributed by atoms with van der Waals surface area (Å²) in [5, 5.41) is 20.8. The van der Waals surface area contributed by atoms with Gasteiger partial charge < -0.3 is 14.9 Å². The molecule has 19 heavy (non-hydrogen) atoms. The van der Waals surface area contributed by atoms with Gasteiger partial charge in [0, 0.05) is 12.3 Å². The molecule has 0 aromatic carbocycles. The molecular weight excluding hydrogens is 244 g/mol. The molecule has 4 atom stereocenters. The number of rotatable bonds is 2. The molecule has 4 nitrogen and oxygen atoms in total. The van der Waals surface area contributed by atoms with Crippen LogP contribution in [-0.2, 0) is 9.53 Å². The maximum Gasteiger partial charge on any atom is 0.337 e. The van der Waals surface area contributed by atoms with Crippen LogP contribution in [0.3, 0.4) is 0 Å². The van der Waals surface area contributed by atoms with Crippen molar-refractivity contribution in [3.8, 4) is 0 Å². The topological polar surface area (TPSA) is 66.8 Å². The molecule has 2 aliphatic carbocycles. The van der Waals surface area contributed by atoms with Gasteiger partial charge in [-0.05, 0) is 31.6 Å². The SMILES string of the molecule is C=C(C)[C@@H]1C[C@H]2C(C(=O)OC)=C(O)C[C@@](O)(C1)[C@H]2C. The molecule has 0 aromatic rings. The highest BCUT2D eigenvalue weighted by atomic mass is 16.5. The summed E-state index contributed by atoms with van der Waals surface area (Å²) in [6.45, 7) is 7.85. The van der Waals surface area contributed by atoms with Gasteiger partial charge in [0.25, 0.3) is 0 Å². The van der Waals surface area contributed by atoms with Crippen molar-refractivity contribution in [3.05, 3.63) is 23.5 Å². The van der Waals surface area contributed by atoms with E-state index in [2.05, 4.69) is 6.58 Å². The second-order valence-electron chi connectivity index (χ2n) is 6.01. The minimum atomic E-state index is -0.950. The van der Waals surface area contributed by atoms with Crippen LogP contribution >= 0.6 is 0 Å². The van der Waals surface area contributed by atoms with Gasteiger partial charge in [-0.15, -0.1) is 0 Å². The summed E-state index contributed by atoms with van der Waals surface area (Å²) in [5.41, 5.74) is 0.403. The number of hydrogen-bond acceptors (Lipinski definition) is 4. The lowest BCUT2D eigenvalue weighted by atomic mass is 9.58. The Hall–Kier alpha value is -1.29. The number of hydrogen-bond donors (Lipinski definition) is 2. The smallest absolute Gasteiger partial charge is 0.337 e. The fourth-order valence-corrected chi connectivity index (χ4v) is 3.54. The normalized spacial score (nSPS) is 38.0. The zero-order chi connectivity index (χ0) is 14.4. The van der Waals surface area contributed by atoms with E-state index in [1.807, 2.05) is 13.8 Å². The molecule has 1 saturated carbocycles. The van der Waals surface area contributed by atoms with Crippen LogP contribution in [0.2, 0.25) is 0 Å². The number of carbonyl (C=O) groups is 1. The monoisotopic (exact) mass is 266 g/mol. The van der Waals surface area contributed by atoms with Crippen LogP contribution in [0.4, 0.5) is 0 Å². The molecule has 2 bridgehead atoms. The molecule has 0 aliphatic heterocycles. The number of aliphatic hydroxyl groups is 2. The molecule has 0 aromatic heterocycles. The minimum Gasteiger partial charge on any atom is -0.512 e. The molecule has 2 rings (SSSR count). The Bertz CT molecular complexity index is 451. The quantitative estimate of drug-likeness (QED) is 0.594. The Morgan fingerprint density at radius 2 is 2.16 bits per heavy atom. The average Bonchev–Trinajstić information content (AvgIpc) is 2.31. The molecule has 4 heteroatoms. The first-order valence-electron chi connectivity index (χ1n) is 6.68. The van der Waals surface area contributed by atoms with Crippen LogP contribution in [0.15, 0.2) is 23.5 Å². The van der Waals surface area contributed by atoms with Gasteiger partial charge in [-0.2, -0.15) is 0 Å². The van der Waals surface area contributed by atoms with Crippen LogP contribution in [-0.4, -0.2) is 28.9 Å². The lowest BCUT2D eigenvalue weighted by Gasteiger charge is -2.50. The largest absolute Gasteiger partial charge is 0.512 e. The fraction of sp³-hybridized carbons (Fsp3) is 0.667. The first-order valence-corrected chi connectivity index (χ1v) is 6.68. The molecule has 0 amide bonds. The van der Waals surface area contributed by atoms with Gasteiger partial charge in [0.05, 0.1) is 18.3 Å². The van der Waals surface area contributed by atoms with Gasteiger partial charge in [-0.25, -0.2) is 4.79 Å². The Morgan fingerprint density at radius 3 is 2.68 bits per heavy atom. The third-order valence-corrected chi connectivity index (χ3v) is 4.85. The zero-order valence-corrected chi connectivity index (χ0v) is 11.8. The van der Waals surface area contributed by atoms with Crippen LogP contribution in [0, 0.1) is 17.8 Å². The average molecular weight is 266 g/mol. The van der Waals surface area contributed by atoms with Gasteiger partial charge in [-0.1, -0.05) is 19.1 Å². The molecule has 0 unspecified atom stereocenters. The molecular formula is C15H22O4. The third kappa shape index (κ3) is 2.18. The number of ether oxygens (including phenoxy) is 1. The highest BCUT2D eigenvalue weighted by Gasteiger charge is 2.52. The maximum absolute atomic E-state index is 11.9. The van der Waals surface area contributed by atoms with Crippen LogP contribution in [0.1, 0.15) is 33.1 Å². The van der Waals surface area contributed by atoms with Crippen molar-refractivity contribution in [2.24, 2.45) is 17.8 Å². The van der Waals surface area contributed by atoms with Gasteiger partial charge in [-0.3, -0.25) is 0 Å². The highest BCUT2D eigenvalue weighted by molar-refractivity contribution is 5.90. The maximum atomic E-state index is 11.9. The van der Waals surface area contributed by atoms with Crippen molar-refractivity contribution in [1.82, 2.24) is 0 Å². The molecule has 0 saturated heterocycles.